The van der Waals surface area contributed by atoms with Crippen LogP contribution in [0.4, 0.5) is 0 Å². The molecule has 1 nitrogen and oxygen atoms in total. The highest BCUT2D eigenvalue weighted by atomic mass is 79.9. The third kappa shape index (κ3) is 3.92. The Labute approximate surface area is 129 Å². The smallest absolute Gasteiger partial charge is 0.0303 e. The van der Waals surface area contributed by atoms with Gasteiger partial charge < -0.3 is 5.32 Å². The summed E-state index contributed by atoms with van der Waals surface area (Å²) in [6, 6.07) is 8.86. The van der Waals surface area contributed by atoms with Crippen molar-refractivity contribution in [3.8, 4) is 0 Å². The Kier molecular flexibility index (Phi) is 5.42. The van der Waals surface area contributed by atoms with Crippen LogP contribution in [0.15, 0.2) is 44.0 Å². The van der Waals surface area contributed by atoms with Crippen LogP contribution < -0.4 is 5.32 Å². The van der Waals surface area contributed by atoms with E-state index >= 15 is 0 Å². The molecular formula is C14H15Br2NS. The van der Waals surface area contributed by atoms with Gasteiger partial charge in [-0.2, -0.15) is 11.3 Å². The molecule has 0 aliphatic rings. The molecule has 96 valence electrons. The van der Waals surface area contributed by atoms with Gasteiger partial charge in [-0.3, -0.25) is 0 Å². The highest BCUT2D eigenvalue weighted by molar-refractivity contribution is 9.11. The van der Waals surface area contributed by atoms with Crippen LogP contribution >= 0.6 is 43.2 Å². The number of benzene rings is 1. The van der Waals surface area contributed by atoms with E-state index in [2.05, 4.69) is 79.1 Å². The molecule has 18 heavy (non-hydrogen) atoms. The number of nitrogens with one attached hydrogen (secondary N) is 1. The second-order valence-electron chi connectivity index (χ2n) is 4.22. The van der Waals surface area contributed by atoms with Gasteiger partial charge in [0.05, 0.1) is 0 Å². The van der Waals surface area contributed by atoms with Crippen molar-refractivity contribution in [3.05, 3.63) is 55.1 Å². The van der Waals surface area contributed by atoms with Crippen LogP contribution in [0, 0.1) is 0 Å². The molecule has 0 amide bonds. The van der Waals surface area contributed by atoms with E-state index in [4.69, 9.17) is 0 Å². The number of hydrogen-bond acceptors (Lipinski definition) is 2. The lowest BCUT2D eigenvalue weighted by atomic mass is 10.1. The molecule has 1 aromatic heterocycles. The van der Waals surface area contributed by atoms with E-state index in [9.17, 15) is 0 Å². The van der Waals surface area contributed by atoms with Gasteiger partial charge in [0, 0.05) is 15.0 Å². The number of halogens is 2. The fraction of sp³-hybridized carbons (Fsp3) is 0.286. The van der Waals surface area contributed by atoms with E-state index in [1.807, 2.05) is 0 Å². The topological polar surface area (TPSA) is 12.0 Å². The van der Waals surface area contributed by atoms with Gasteiger partial charge in [0.2, 0.25) is 0 Å². The molecule has 2 rings (SSSR count). The van der Waals surface area contributed by atoms with Crippen LogP contribution in [0.3, 0.4) is 0 Å². The number of thiophene rings is 1. The van der Waals surface area contributed by atoms with Crippen molar-refractivity contribution in [2.75, 3.05) is 6.54 Å². The van der Waals surface area contributed by atoms with Crippen molar-refractivity contribution in [2.24, 2.45) is 0 Å². The summed E-state index contributed by atoms with van der Waals surface area (Å²) in [5, 5.41) is 7.90. The first-order valence-electron chi connectivity index (χ1n) is 5.86. The zero-order valence-electron chi connectivity index (χ0n) is 10.1. The van der Waals surface area contributed by atoms with Crippen LogP contribution in [-0.4, -0.2) is 6.54 Å². The summed E-state index contributed by atoms with van der Waals surface area (Å²) < 4.78 is 2.25. The van der Waals surface area contributed by atoms with Crippen molar-refractivity contribution in [2.45, 2.75) is 19.4 Å². The molecule has 2 aromatic rings. The lowest BCUT2D eigenvalue weighted by Crippen LogP contribution is -2.21. The van der Waals surface area contributed by atoms with Crippen LogP contribution in [0.1, 0.15) is 24.1 Å². The summed E-state index contributed by atoms with van der Waals surface area (Å²) in [5.74, 6) is 0. The lowest BCUT2D eigenvalue weighted by molar-refractivity contribution is 0.575. The molecule has 0 fully saturated rings. The molecule has 1 atom stereocenters. The van der Waals surface area contributed by atoms with Crippen molar-refractivity contribution in [3.63, 3.8) is 0 Å². The molecule has 0 radical (unpaired) electrons. The minimum absolute atomic E-state index is 0.353. The van der Waals surface area contributed by atoms with Crippen LogP contribution in [0.25, 0.3) is 0 Å². The third-order valence-electron chi connectivity index (χ3n) is 2.87. The zero-order valence-corrected chi connectivity index (χ0v) is 14.1. The first kappa shape index (κ1) is 14.3. The molecule has 1 N–H and O–H groups in total. The minimum Gasteiger partial charge on any atom is -0.310 e. The Bertz CT molecular complexity index is 497. The Hall–Kier alpha value is -0.160. The van der Waals surface area contributed by atoms with Crippen molar-refractivity contribution in [1.82, 2.24) is 5.32 Å². The maximum absolute atomic E-state index is 3.61. The molecule has 1 aromatic carbocycles. The van der Waals surface area contributed by atoms with Gasteiger partial charge >= 0.3 is 0 Å². The summed E-state index contributed by atoms with van der Waals surface area (Å²) in [6.45, 7) is 3.20. The average molecular weight is 389 g/mol. The third-order valence-corrected chi connectivity index (χ3v) is 4.79. The molecule has 0 aliphatic heterocycles. The molecule has 0 saturated carbocycles. The van der Waals surface area contributed by atoms with Crippen LogP contribution in [-0.2, 0) is 6.42 Å². The molecule has 1 heterocycles. The zero-order chi connectivity index (χ0) is 13.0. The van der Waals surface area contributed by atoms with Crippen LogP contribution in [0.5, 0.6) is 0 Å². The molecule has 0 saturated heterocycles. The fourth-order valence-corrected chi connectivity index (χ4v) is 3.92. The molecule has 4 heteroatoms. The quantitative estimate of drug-likeness (QED) is 0.745. The molecule has 1 unspecified atom stereocenters. The summed E-state index contributed by atoms with van der Waals surface area (Å²) in [7, 11) is 0. The van der Waals surface area contributed by atoms with Gasteiger partial charge in [-0.15, -0.1) is 0 Å². The molecule has 0 spiro atoms. The van der Waals surface area contributed by atoms with Gasteiger partial charge in [0.15, 0.2) is 0 Å². The normalized spacial score (nSPS) is 12.6. The Morgan fingerprint density at radius 1 is 1.28 bits per heavy atom. The van der Waals surface area contributed by atoms with Gasteiger partial charge in [-0.25, -0.2) is 0 Å². The average Bonchev–Trinajstić information content (AvgIpc) is 2.81. The predicted molar refractivity (Wildman–Crippen MR) is 86.3 cm³/mol. The van der Waals surface area contributed by atoms with Gasteiger partial charge in [0.25, 0.3) is 0 Å². The van der Waals surface area contributed by atoms with Gasteiger partial charge in [-0.05, 0) is 60.0 Å². The molecular weight excluding hydrogens is 374 g/mol. The largest absolute Gasteiger partial charge is 0.310 e. The summed E-state index contributed by atoms with van der Waals surface area (Å²) in [6.07, 6.45) is 1.09. The minimum atomic E-state index is 0.353. The van der Waals surface area contributed by atoms with Crippen LogP contribution in [0.2, 0.25) is 0 Å². The fourth-order valence-electron chi connectivity index (χ4n) is 1.83. The first-order chi connectivity index (χ1) is 8.66. The lowest BCUT2D eigenvalue weighted by Gasteiger charge is -2.16. The van der Waals surface area contributed by atoms with Crippen molar-refractivity contribution in [1.29, 1.82) is 0 Å². The highest BCUT2D eigenvalue weighted by Crippen LogP contribution is 2.26. The van der Waals surface area contributed by atoms with Crippen molar-refractivity contribution >= 4 is 43.2 Å². The van der Waals surface area contributed by atoms with E-state index in [1.54, 1.807) is 11.3 Å². The highest BCUT2D eigenvalue weighted by Gasteiger charge is 2.08. The molecule has 0 bridgehead atoms. The SMILES string of the molecule is CC(NCCc1ccsc1)c1ccc(Br)cc1Br. The van der Waals surface area contributed by atoms with E-state index < -0.39 is 0 Å². The van der Waals surface area contributed by atoms with Gasteiger partial charge in [-0.1, -0.05) is 37.9 Å². The number of rotatable bonds is 5. The monoisotopic (exact) mass is 387 g/mol. The van der Waals surface area contributed by atoms with E-state index in [0.29, 0.717) is 6.04 Å². The van der Waals surface area contributed by atoms with E-state index in [0.717, 1.165) is 21.9 Å². The first-order valence-corrected chi connectivity index (χ1v) is 8.39. The predicted octanol–water partition coefficient (Wildman–Crippen LogP) is 5.17. The maximum Gasteiger partial charge on any atom is 0.0303 e. The number of hydrogen-bond donors (Lipinski definition) is 1. The van der Waals surface area contributed by atoms with E-state index in [1.165, 1.54) is 11.1 Å². The Morgan fingerprint density at radius 3 is 2.78 bits per heavy atom. The summed E-state index contributed by atoms with van der Waals surface area (Å²) in [5.41, 5.74) is 2.71. The van der Waals surface area contributed by atoms with E-state index in [-0.39, 0.29) is 0 Å². The standard InChI is InChI=1S/C14H15Br2NS/c1-10(13-3-2-12(15)8-14(13)16)17-6-4-11-5-7-18-9-11/h2-3,5,7-10,17H,4,6H2,1H3. The summed E-state index contributed by atoms with van der Waals surface area (Å²) in [4.78, 5) is 0. The Morgan fingerprint density at radius 2 is 2.11 bits per heavy atom. The maximum atomic E-state index is 3.61. The second-order valence-corrected chi connectivity index (χ2v) is 6.77. The second kappa shape index (κ2) is 6.85. The molecule has 0 aliphatic carbocycles. The van der Waals surface area contributed by atoms with Gasteiger partial charge in [0.1, 0.15) is 0 Å². The summed E-state index contributed by atoms with van der Waals surface area (Å²) >= 11 is 8.84. The Balaban J connectivity index is 1.89. The van der Waals surface area contributed by atoms with Crippen molar-refractivity contribution < 1.29 is 0 Å².